The Morgan fingerprint density at radius 1 is 1.31 bits per heavy atom. The molecule has 0 aliphatic heterocycles. The fourth-order valence-corrected chi connectivity index (χ4v) is 3.30. The molecule has 2 rings (SSSR count). The fourth-order valence-electron chi connectivity index (χ4n) is 3.30. The third-order valence-corrected chi connectivity index (χ3v) is 4.06. The quantitative estimate of drug-likeness (QED) is 0.808. The van der Waals surface area contributed by atoms with Crippen LogP contribution in [0.1, 0.15) is 48.4 Å². The van der Waals surface area contributed by atoms with E-state index in [1.807, 2.05) is 0 Å². The molecule has 0 radical (unpaired) electrons. The van der Waals surface area contributed by atoms with E-state index >= 15 is 0 Å². The lowest BCUT2D eigenvalue weighted by Gasteiger charge is -2.27. The van der Waals surface area contributed by atoms with Crippen LogP contribution < -0.4 is 5.73 Å². The van der Waals surface area contributed by atoms with E-state index in [4.69, 9.17) is 5.73 Å². The summed E-state index contributed by atoms with van der Waals surface area (Å²) >= 11 is 0. The van der Waals surface area contributed by atoms with Crippen molar-refractivity contribution in [2.45, 2.75) is 46.5 Å². The van der Waals surface area contributed by atoms with Crippen molar-refractivity contribution in [3.05, 3.63) is 34.4 Å². The van der Waals surface area contributed by atoms with E-state index in [-0.39, 0.29) is 0 Å². The van der Waals surface area contributed by atoms with Crippen molar-refractivity contribution in [3.8, 4) is 0 Å². The van der Waals surface area contributed by atoms with Crippen LogP contribution in [-0.4, -0.2) is 6.54 Å². The zero-order valence-corrected chi connectivity index (χ0v) is 10.9. The van der Waals surface area contributed by atoms with Gasteiger partial charge >= 0.3 is 0 Å². The zero-order valence-electron chi connectivity index (χ0n) is 10.9. The van der Waals surface area contributed by atoms with Crippen LogP contribution in [0.4, 0.5) is 0 Å². The van der Waals surface area contributed by atoms with Crippen molar-refractivity contribution >= 4 is 0 Å². The van der Waals surface area contributed by atoms with Crippen LogP contribution >= 0.6 is 0 Å². The van der Waals surface area contributed by atoms with Gasteiger partial charge in [-0.1, -0.05) is 31.5 Å². The monoisotopic (exact) mass is 217 g/mol. The van der Waals surface area contributed by atoms with Gasteiger partial charge in [0.25, 0.3) is 0 Å². The molecule has 1 heteroatoms. The third-order valence-electron chi connectivity index (χ3n) is 4.06. The summed E-state index contributed by atoms with van der Waals surface area (Å²) in [5.41, 5.74) is 12.1. The Bertz CT molecular complexity index is 404. The van der Waals surface area contributed by atoms with E-state index in [9.17, 15) is 0 Å². The molecule has 0 amide bonds. The van der Waals surface area contributed by atoms with Crippen molar-refractivity contribution in [2.75, 3.05) is 6.54 Å². The number of fused-ring (bicyclic) bond motifs is 1. The van der Waals surface area contributed by atoms with Crippen LogP contribution in [-0.2, 0) is 6.42 Å². The van der Waals surface area contributed by atoms with Crippen molar-refractivity contribution < 1.29 is 0 Å². The number of aryl methyl sites for hydroxylation is 2. The molecule has 0 spiro atoms. The summed E-state index contributed by atoms with van der Waals surface area (Å²) in [6.07, 6.45) is 2.32. The van der Waals surface area contributed by atoms with Crippen molar-refractivity contribution in [3.63, 3.8) is 0 Å². The van der Waals surface area contributed by atoms with E-state index in [1.165, 1.54) is 17.5 Å². The molecular formula is C15H23N. The van der Waals surface area contributed by atoms with Crippen molar-refractivity contribution in [2.24, 2.45) is 11.1 Å². The predicted molar refractivity (Wildman–Crippen MR) is 69.8 cm³/mol. The number of nitrogens with two attached hydrogens (primary N) is 1. The first-order valence-electron chi connectivity index (χ1n) is 6.26. The number of hydrogen-bond acceptors (Lipinski definition) is 1. The minimum Gasteiger partial charge on any atom is -0.330 e. The van der Waals surface area contributed by atoms with Gasteiger partial charge in [0, 0.05) is 0 Å². The van der Waals surface area contributed by atoms with Crippen LogP contribution in [0.3, 0.4) is 0 Å². The molecule has 0 saturated carbocycles. The fraction of sp³-hybridized carbons (Fsp3) is 0.600. The first-order chi connectivity index (χ1) is 7.45. The Balaban J connectivity index is 2.50. The van der Waals surface area contributed by atoms with Gasteiger partial charge in [-0.2, -0.15) is 0 Å². The molecule has 0 saturated heterocycles. The highest BCUT2D eigenvalue weighted by Gasteiger charge is 2.38. The minimum atomic E-state index is 0.375. The Labute approximate surface area is 99.0 Å². The van der Waals surface area contributed by atoms with Crippen LogP contribution in [0, 0.1) is 19.3 Å². The Morgan fingerprint density at radius 3 is 2.62 bits per heavy atom. The number of rotatable bonds is 2. The van der Waals surface area contributed by atoms with Gasteiger partial charge in [0.2, 0.25) is 0 Å². The smallest absolute Gasteiger partial charge is 0.00712 e. The van der Waals surface area contributed by atoms with Gasteiger partial charge in [0.1, 0.15) is 0 Å². The molecule has 1 aliphatic rings. The average molecular weight is 217 g/mol. The van der Waals surface area contributed by atoms with Crippen LogP contribution in [0.25, 0.3) is 0 Å². The molecule has 1 atom stereocenters. The van der Waals surface area contributed by atoms with Gasteiger partial charge < -0.3 is 5.73 Å². The molecule has 0 bridgehead atoms. The highest BCUT2D eigenvalue weighted by Crippen LogP contribution is 2.49. The van der Waals surface area contributed by atoms with Gasteiger partial charge in [-0.25, -0.2) is 0 Å². The van der Waals surface area contributed by atoms with Crippen LogP contribution in [0.15, 0.2) is 12.1 Å². The van der Waals surface area contributed by atoms with Gasteiger partial charge in [-0.15, -0.1) is 0 Å². The van der Waals surface area contributed by atoms with E-state index < -0.39 is 0 Å². The average Bonchev–Trinajstić information content (AvgIpc) is 2.41. The first-order valence-corrected chi connectivity index (χ1v) is 6.26. The van der Waals surface area contributed by atoms with Crippen LogP contribution in [0.5, 0.6) is 0 Å². The maximum absolute atomic E-state index is 5.76. The molecule has 1 nitrogen and oxygen atoms in total. The molecule has 1 aromatic carbocycles. The summed E-state index contributed by atoms with van der Waals surface area (Å²) in [5, 5.41) is 0. The van der Waals surface area contributed by atoms with Gasteiger partial charge in [0.05, 0.1) is 0 Å². The van der Waals surface area contributed by atoms with Crippen molar-refractivity contribution in [1.29, 1.82) is 0 Å². The summed E-state index contributed by atoms with van der Waals surface area (Å²) in [5.74, 6) is 0.645. The molecule has 1 unspecified atom stereocenters. The van der Waals surface area contributed by atoms with E-state index in [1.54, 1.807) is 11.1 Å². The molecular weight excluding hydrogens is 194 g/mol. The molecule has 0 fully saturated rings. The maximum Gasteiger partial charge on any atom is -0.00712 e. The number of benzene rings is 1. The molecule has 1 aromatic rings. The summed E-state index contributed by atoms with van der Waals surface area (Å²) < 4.78 is 0. The second-order valence-corrected chi connectivity index (χ2v) is 5.94. The minimum absolute atomic E-state index is 0.375. The third kappa shape index (κ3) is 1.78. The Morgan fingerprint density at radius 2 is 2.00 bits per heavy atom. The second kappa shape index (κ2) is 3.89. The lowest BCUT2D eigenvalue weighted by atomic mass is 9.78. The lowest BCUT2D eigenvalue weighted by Crippen LogP contribution is -2.20. The molecule has 88 valence electrons. The zero-order chi connectivity index (χ0) is 11.9. The molecule has 0 heterocycles. The molecule has 0 aromatic heterocycles. The second-order valence-electron chi connectivity index (χ2n) is 5.94. The van der Waals surface area contributed by atoms with Crippen LogP contribution in [0.2, 0.25) is 0 Å². The summed E-state index contributed by atoms with van der Waals surface area (Å²) in [4.78, 5) is 0. The summed E-state index contributed by atoms with van der Waals surface area (Å²) in [6.45, 7) is 9.98. The van der Waals surface area contributed by atoms with Gasteiger partial charge in [-0.3, -0.25) is 0 Å². The Hall–Kier alpha value is -0.820. The van der Waals surface area contributed by atoms with Crippen molar-refractivity contribution in [1.82, 2.24) is 0 Å². The molecule has 16 heavy (non-hydrogen) atoms. The summed E-state index contributed by atoms with van der Waals surface area (Å²) in [7, 11) is 0. The lowest BCUT2D eigenvalue weighted by molar-refractivity contribution is 0.301. The highest BCUT2D eigenvalue weighted by atomic mass is 14.5. The molecule has 1 aliphatic carbocycles. The van der Waals surface area contributed by atoms with Gasteiger partial charge in [0.15, 0.2) is 0 Å². The van der Waals surface area contributed by atoms with E-state index in [0.717, 1.165) is 13.0 Å². The van der Waals surface area contributed by atoms with Gasteiger partial charge in [-0.05, 0) is 61.3 Å². The standard InChI is InChI=1S/C15H23N/c1-10-7-11(2)13-9-15(3,4)14(5-6-16)12(13)8-10/h7-8,14H,5-6,9,16H2,1-4H3. The molecule has 2 N–H and O–H groups in total. The Kier molecular flexibility index (Phi) is 2.83. The first kappa shape index (κ1) is 11.7. The normalized spacial score (nSPS) is 22.2. The summed E-state index contributed by atoms with van der Waals surface area (Å²) in [6, 6.07) is 4.68. The van der Waals surface area contributed by atoms with E-state index in [0.29, 0.717) is 11.3 Å². The number of hydrogen-bond donors (Lipinski definition) is 1. The van der Waals surface area contributed by atoms with E-state index in [2.05, 4.69) is 39.8 Å². The SMILES string of the molecule is Cc1cc(C)c2c(c1)C(CCN)C(C)(C)C2. The largest absolute Gasteiger partial charge is 0.330 e. The highest BCUT2D eigenvalue weighted by molar-refractivity contribution is 5.45. The predicted octanol–water partition coefficient (Wildman–Crippen LogP) is 3.32. The topological polar surface area (TPSA) is 26.0 Å². The maximum atomic E-state index is 5.76.